The van der Waals surface area contributed by atoms with Gasteiger partial charge in [0.2, 0.25) is 5.91 Å². The molecule has 2 heterocycles. The number of fused-ring (bicyclic) bond motifs is 1. The number of anilines is 2. The molecule has 3 amide bonds. The molecule has 1 aromatic heterocycles. The van der Waals surface area contributed by atoms with Crippen LogP contribution in [0.5, 0.6) is 0 Å². The molecule has 8 heteroatoms. The predicted octanol–water partition coefficient (Wildman–Crippen LogP) is 4.57. The number of carbonyl (C=O) groups excluding carboxylic acids is 3. The van der Waals surface area contributed by atoms with Crippen molar-refractivity contribution in [1.29, 1.82) is 0 Å². The zero-order chi connectivity index (χ0) is 26.5. The minimum absolute atomic E-state index is 0.120. The Morgan fingerprint density at radius 3 is 2.50 bits per heavy atom. The molecule has 8 nitrogen and oxygen atoms in total. The second-order valence-electron chi connectivity index (χ2n) is 9.36. The van der Waals surface area contributed by atoms with Gasteiger partial charge >= 0.3 is 0 Å². The van der Waals surface area contributed by atoms with Crippen molar-refractivity contribution in [3.05, 3.63) is 114 Å². The normalized spacial score (nSPS) is 14.8. The highest BCUT2D eigenvalue weighted by atomic mass is 16.2. The number of aryl methyl sites for hydroxylation is 2. The van der Waals surface area contributed by atoms with Crippen molar-refractivity contribution in [1.82, 2.24) is 14.9 Å². The van der Waals surface area contributed by atoms with Crippen LogP contribution in [-0.2, 0) is 17.8 Å². The maximum atomic E-state index is 13.9. The van der Waals surface area contributed by atoms with E-state index in [2.05, 4.69) is 15.6 Å². The number of hydrogen-bond acceptors (Lipinski definition) is 4. The summed E-state index contributed by atoms with van der Waals surface area (Å²) in [4.78, 5) is 45.1. The molecular formula is C30H29N5O3. The van der Waals surface area contributed by atoms with Crippen LogP contribution in [0.2, 0.25) is 0 Å². The number of amides is 3. The Hall–Kier alpha value is -4.72. The van der Waals surface area contributed by atoms with Crippen LogP contribution < -0.4 is 15.5 Å². The van der Waals surface area contributed by atoms with Crippen LogP contribution in [0.3, 0.4) is 0 Å². The van der Waals surface area contributed by atoms with Crippen LogP contribution in [0.4, 0.5) is 11.4 Å². The quantitative estimate of drug-likeness (QED) is 0.400. The Balaban J connectivity index is 1.37. The van der Waals surface area contributed by atoms with Crippen molar-refractivity contribution in [3.63, 3.8) is 0 Å². The summed E-state index contributed by atoms with van der Waals surface area (Å²) in [5, 5.41) is 5.96. The minimum atomic E-state index is -0.498. The van der Waals surface area contributed by atoms with E-state index in [4.69, 9.17) is 0 Å². The fraction of sp³-hybridized carbons (Fsp3) is 0.200. The van der Waals surface area contributed by atoms with Crippen LogP contribution in [0.25, 0.3) is 0 Å². The van der Waals surface area contributed by atoms with Crippen LogP contribution in [0.15, 0.2) is 91.5 Å². The average molecular weight is 508 g/mol. The van der Waals surface area contributed by atoms with Crippen molar-refractivity contribution >= 4 is 29.1 Å². The first-order valence-corrected chi connectivity index (χ1v) is 12.6. The lowest BCUT2D eigenvalue weighted by molar-refractivity contribution is -0.122. The van der Waals surface area contributed by atoms with Crippen LogP contribution >= 0.6 is 0 Å². The van der Waals surface area contributed by atoms with Gasteiger partial charge in [0.15, 0.2) is 0 Å². The molecule has 38 heavy (non-hydrogen) atoms. The molecule has 0 saturated carbocycles. The second kappa shape index (κ2) is 11.1. The Kier molecular flexibility index (Phi) is 7.31. The molecule has 1 unspecified atom stereocenters. The largest absolute Gasteiger partial charge is 0.334 e. The third-order valence-electron chi connectivity index (χ3n) is 6.70. The Morgan fingerprint density at radius 1 is 0.974 bits per heavy atom. The molecule has 192 valence electrons. The number of benzene rings is 3. The van der Waals surface area contributed by atoms with E-state index in [0.717, 1.165) is 29.7 Å². The first kappa shape index (κ1) is 25.0. The zero-order valence-corrected chi connectivity index (χ0v) is 21.1. The molecule has 1 atom stereocenters. The van der Waals surface area contributed by atoms with Gasteiger partial charge in [0.05, 0.1) is 6.33 Å². The van der Waals surface area contributed by atoms with E-state index in [1.165, 1.54) is 0 Å². The topological polar surface area (TPSA) is 96.3 Å². The Bertz CT molecular complexity index is 1450. The van der Waals surface area contributed by atoms with Crippen molar-refractivity contribution in [3.8, 4) is 0 Å². The molecule has 0 radical (unpaired) electrons. The van der Waals surface area contributed by atoms with E-state index in [1.54, 1.807) is 58.5 Å². The standard InChI is InChI=1S/C30H29N5O3/c1-21-7-2-4-10-25(21)29(37)32-24-15-13-23(14-16-24)30(38)35-26-11-5-3-8-22(26)9-6-12-27(35)33-28(36)19-34-18-17-31-20-34/h2-5,7-8,10-11,13-18,20,27H,6,9,12,19H2,1H3,(H,32,37)(H,33,36). The van der Waals surface area contributed by atoms with Gasteiger partial charge in [-0.3, -0.25) is 19.3 Å². The maximum Gasteiger partial charge on any atom is 0.259 e. The van der Waals surface area contributed by atoms with Crippen LogP contribution in [0.1, 0.15) is 44.7 Å². The van der Waals surface area contributed by atoms with Gasteiger partial charge in [-0.25, -0.2) is 4.98 Å². The smallest absolute Gasteiger partial charge is 0.259 e. The highest BCUT2D eigenvalue weighted by Gasteiger charge is 2.31. The molecule has 3 aromatic carbocycles. The van der Waals surface area contributed by atoms with Gasteiger partial charge in [-0.05, 0) is 73.7 Å². The fourth-order valence-electron chi connectivity index (χ4n) is 4.77. The lowest BCUT2D eigenvalue weighted by Crippen LogP contribution is -2.51. The number of rotatable bonds is 6. The number of imidazole rings is 1. The summed E-state index contributed by atoms with van der Waals surface area (Å²) in [6.07, 6.45) is 6.72. The van der Waals surface area contributed by atoms with Gasteiger partial charge in [-0.15, -0.1) is 0 Å². The molecule has 0 fully saturated rings. The number of nitrogens with one attached hydrogen (secondary N) is 2. The van der Waals surface area contributed by atoms with Gasteiger partial charge in [-0.1, -0.05) is 36.4 Å². The summed E-state index contributed by atoms with van der Waals surface area (Å²) in [6, 6.07) is 22.0. The predicted molar refractivity (Wildman–Crippen MR) is 146 cm³/mol. The monoisotopic (exact) mass is 507 g/mol. The molecule has 0 bridgehead atoms. The fourth-order valence-corrected chi connectivity index (χ4v) is 4.77. The minimum Gasteiger partial charge on any atom is -0.334 e. The number of hydrogen-bond donors (Lipinski definition) is 2. The van der Waals surface area contributed by atoms with Crippen molar-refractivity contribution in [2.45, 2.75) is 38.9 Å². The first-order valence-electron chi connectivity index (χ1n) is 12.6. The molecule has 4 aromatic rings. The SMILES string of the molecule is Cc1ccccc1C(=O)Nc1ccc(C(=O)N2c3ccccc3CCCC2NC(=O)Cn2ccnc2)cc1. The van der Waals surface area contributed by atoms with E-state index in [0.29, 0.717) is 23.2 Å². The Morgan fingerprint density at radius 2 is 1.74 bits per heavy atom. The maximum absolute atomic E-state index is 13.9. The number of nitrogens with zero attached hydrogens (tertiary/aromatic N) is 3. The van der Waals surface area contributed by atoms with Crippen LogP contribution in [-0.4, -0.2) is 33.4 Å². The van der Waals surface area contributed by atoms with Crippen molar-refractivity contribution < 1.29 is 14.4 Å². The first-order chi connectivity index (χ1) is 18.5. The van der Waals surface area contributed by atoms with Crippen molar-refractivity contribution in [2.24, 2.45) is 0 Å². The molecule has 0 saturated heterocycles. The van der Waals surface area contributed by atoms with Gasteiger partial charge in [0.25, 0.3) is 11.8 Å². The summed E-state index contributed by atoms with van der Waals surface area (Å²) >= 11 is 0. The lowest BCUT2D eigenvalue weighted by Gasteiger charge is -2.32. The Labute approximate surface area is 221 Å². The third kappa shape index (κ3) is 5.49. The number of para-hydroxylation sites is 1. The summed E-state index contributed by atoms with van der Waals surface area (Å²) in [6.45, 7) is 2.01. The van der Waals surface area contributed by atoms with Gasteiger partial charge in [-0.2, -0.15) is 0 Å². The molecule has 0 aliphatic carbocycles. The van der Waals surface area contributed by atoms with E-state index in [9.17, 15) is 14.4 Å². The van der Waals surface area contributed by atoms with Gasteiger partial charge in [0, 0.05) is 34.9 Å². The third-order valence-corrected chi connectivity index (χ3v) is 6.70. The summed E-state index contributed by atoms with van der Waals surface area (Å²) < 4.78 is 1.69. The van der Waals surface area contributed by atoms with E-state index >= 15 is 0 Å². The van der Waals surface area contributed by atoms with E-state index < -0.39 is 6.17 Å². The molecule has 0 spiro atoms. The number of aromatic nitrogens is 2. The highest BCUT2D eigenvalue weighted by molar-refractivity contribution is 6.08. The van der Waals surface area contributed by atoms with E-state index in [1.807, 2.05) is 49.4 Å². The summed E-state index contributed by atoms with van der Waals surface area (Å²) in [7, 11) is 0. The molecule has 1 aliphatic heterocycles. The summed E-state index contributed by atoms with van der Waals surface area (Å²) in [5.74, 6) is -0.618. The zero-order valence-electron chi connectivity index (χ0n) is 21.1. The lowest BCUT2D eigenvalue weighted by atomic mass is 10.1. The van der Waals surface area contributed by atoms with Gasteiger partial charge in [0.1, 0.15) is 12.7 Å². The van der Waals surface area contributed by atoms with Crippen molar-refractivity contribution in [2.75, 3.05) is 10.2 Å². The molecule has 5 rings (SSSR count). The van der Waals surface area contributed by atoms with Crippen LogP contribution in [0, 0.1) is 6.92 Å². The highest BCUT2D eigenvalue weighted by Crippen LogP contribution is 2.30. The molecule has 1 aliphatic rings. The number of carbonyl (C=O) groups is 3. The second-order valence-corrected chi connectivity index (χ2v) is 9.36. The average Bonchev–Trinajstić information content (AvgIpc) is 3.36. The molecular weight excluding hydrogens is 478 g/mol. The summed E-state index contributed by atoms with van der Waals surface area (Å²) in [5.41, 5.74) is 4.40. The van der Waals surface area contributed by atoms with Gasteiger partial charge < -0.3 is 15.2 Å². The molecule has 2 N–H and O–H groups in total. The van der Waals surface area contributed by atoms with E-state index in [-0.39, 0.29) is 24.3 Å².